The van der Waals surface area contributed by atoms with Crippen molar-refractivity contribution < 1.29 is 28.3 Å². The number of hydrogen-bond donors (Lipinski definition) is 1. The van der Waals surface area contributed by atoms with Crippen molar-refractivity contribution in [1.29, 1.82) is 0 Å². The van der Waals surface area contributed by atoms with Crippen molar-refractivity contribution in [2.24, 2.45) is 0 Å². The monoisotopic (exact) mass is 427 g/mol. The third-order valence-electron chi connectivity index (χ3n) is 4.46. The van der Waals surface area contributed by atoms with E-state index in [1.807, 2.05) is 0 Å². The Morgan fingerprint density at radius 1 is 1.07 bits per heavy atom. The number of Topliss-reactive ketones (excluding diaryl/α,β-unsaturated/α-hetero) is 1. The molecular formula is C21H37NO6Si. The summed E-state index contributed by atoms with van der Waals surface area (Å²) in [6, 6.07) is -0.973. The van der Waals surface area contributed by atoms with E-state index in [0.717, 1.165) is 0 Å². The van der Waals surface area contributed by atoms with Gasteiger partial charge in [-0.3, -0.25) is 4.79 Å². The predicted molar refractivity (Wildman–Crippen MR) is 115 cm³/mol. The number of ether oxygens (including phenoxy) is 2. The van der Waals surface area contributed by atoms with Gasteiger partial charge in [-0.1, -0.05) is 26.7 Å². The van der Waals surface area contributed by atoms with E-state index >= 15 is 0 Å². The molecule has 0 aromatic rings. The fourth-order valence-electron chi connectivity index (χ4n) is 1.85. The highest BCUT2D eigenvalue weighted by Crippen LogP contribution is 2.36. The van der Waals surface area contributed by atoms with Crippen molar-refractivity contribution in [2.45, 2.75) is 91.1 Å². The van der Waals surface area contributed by atoms with Crippen LogP contribution in [0.25, 0.3) is 0 Å². The van der Waals surface area contributed by atoms with E-state index in [1.54, 1.807) is 27.7 Å². The van der Waals surface area contributed by atoms with Crippen LogP contribution in [0.2, 0.25) is 18.1 Å². The highest BCUT2D eigenvalue weighted by molar-refractivity contribution is 6.74. The van der Waals surface area contributed by atoms with Crippen LogP contribution in [0.3, 0.4) is 0 Å². The van der Waals surface area contributed by atoms with Gasteiger partial charge in [0.25, 0.3) is 0 Å². The number of hydrogen-bond acceptors (Lipinski definition) is 6. The molecule has 29 heavy (non-hydrogen) atoms. The Balaban J connectivity index is 4.75. The van der Waals surface area contributed by atoms with Crippen molar-refractivity contribution in [2.75, 3.05) is 13.2 Å². The lowest BCUT2D eigenvalue weighted by Gasteiger charge is -2.35. The van der Waals surface area contributed by atoms with Crippen molar-refractivity contribution >= 4 is 26.2 Å². The second-order valence-corrected chi connectivity index (χ2v) is 14.1. The minimum atomic E-state index is -1.91. The van der Waals surface area contributed by atoms with Gasteiger partial charge in [0.15, 0.2) is 8.32 Å². The van der Waals surface area contributed by atoms with Gasteiger partial charge in [0.2, 0.25) is 5.78 Å². The third-order valence-corrected chi connectivity index (χ3v) is 8.94. The van der Waals surface area contributed by atoms with E-state index < -0.39 is 32.0 Å². The summed E-state index contributed by atoms with van der Waals surface area (Å²) in [4.78, 5) is 36.1. The summed E-state index contributed by atoms with van der Waals surface area (Å²) in [6.07, 6.45) is -0.655. The zero-order valence-corrected chi connectivity index (χ0v) is 20.4. The molecule has 0 saturated carbocycles. The fourth-order valence-corrected chi connectivity index (χ4v) is 2.71. The molecule has 1 atom stereocenters. The Bertz CT molecular complexity index is 634. The molecule has 0 aliphatic rings. The molecule has 0 radical (unpaired) electrons. The molecule has 0 aliphatic carbocycles. The molecule has 0 heterocycles. The standard InChI is InChI=1S/C21H37NO6Si/c1-10-26-18(24)17(22-19(25)28-20(2,3)4)14-13-16(23)12-11-15-27-29(8,9)21(5,6)7/h17H,10,13-15H2,1-9H3,(H,22,25)/t17-/m1/s1. The molecular weight excluding hydrogens is 390 g/mol. The van der Waals surface area contributed by atoms with Crippen molar-refractivity contribution in [3.05, 3.63) is 0 Å². The van der Waals surface area contributed by atoms with E-state index in [0.29, 0.717) is 0 Å². The van der Waals surface area contributed by atoms with Gasteiger partial charge in [-0.2, -0.15) is 0 Å². The maximum absolute atomic E-state index is 12.1. The Labute approximate surface area is 176 Å². The van der Waals surface area contributed by atoms with Crippen LogP contribution >= 0.6 is 0 Å². The molecule has 0 aliphatic heterocycles. The molecule has 1 N–H and O–H groups in total. The predicted octanol–water partition coefficient (Wildman–Crippen LogP) is 3.82. The van der Waals surface area contributed by atoms with Crippen LogP contribution in [0.5, 0.6) is 0 Å². The zero-order valence-electron chi connectivity index (χ0n) is 19.4. The van der Waals surface area contributed by atoms with Crippen LogP contribution in [0.1, 0.15) is 61.3 Å². The number of alkyl carbamates (subject to hydrolysis) is 1. The van der Waals surface area contributed by atoms with E-state index in [-0.39, 0.29) is 36.9 Å². The minimum absolute atomic E-state index is 0.00632. The lowest BCUT2D eigenvalue weighted by molar-refractivity contribution is -0.145. The van der Waals surface area contributed by atoms with Crippen LogP contribution in [-0.4, -0.2) is 51.0 Å². The Hall–Kier alpha value is -1.85. The normalized spacial score (nSPS) is 13.0. The first-order valence-electron chi connectivity index (χ1n) is 9.91. The van der Waals surface area contributed by atoms with E-state index in [1.165, 1.54) is 0 Å². The van der Waals surface area contributed by atoms with Crippen molar-refractivity contribution in [3.8, 4) is 11.8 Å². The zero-order chi connectivity index (χ0) is 22.9. The second kappa shape index (κ2) is 11.4. The molecule has 0 rings (SSSR count). The number of amides is 1. The molecule has 0 saturated heterocycles. The van der Waals surface area contributed by atoms with Gasteiger partial charge >= 0.3 is 12.1 Å². The summed E-state index contributed by atoms with van der Waals surface area (Å²) in [5.41, 5.74) is -0.700. The molecule has 8 heteroatoms. The highest BCUT2D eigenvalue weighted by Gasteiger charge is 2.36. The van der Waals surface area contributed by atoms with Gasteiger partial charge in [-0.05, 0) is 58.2 Å². The average Bonchev–Trinajstić information content (AvgIpc) is 2.52. The molecule has 0 unspecified atom stereocenters. The molecule has 0 aromatic carbocycles. The fraction of sp³-hybridized carbons (Fsp3) is 0.762. The summed E-state index contributed by atoms with van der Waals surface area (Å²) in [7, 11) is -1.91. The molecule has 0 bridgehead atoms. The summed E-state index contributed by atoms with van der Waals surface area (Å²) < 4.78 is 16.0. The first-order valence-corrected chi connectivity index (χ1v) is 12.8. The molecule has 7 nitrogen and oxygen atoms in total. The lowest BCUT2D eigenvalue weighted by Crippen LogP contribution is -2.44. The number of rotatable bonds is 8. The van der Waals surface area contributed by atoms with Crippen LogP contribution in [0, 0.1) is 11.8 Å². The topological polar surface area (TPSA) is 90.9 Å². The van der Waals surface area contributed by atoms with E-state index in [9.17, 15) is 14.4 Å². The van der Waals surface area contributed by atoms with Crippen LogP contribution in [-0.2, 0) is 23.5 Å². The van der Waals surface area contributed by atoms with Gasteiger partial charge in [0.05, 0.1) is 13.2 Å². The minimum Gasteiger partial charge on any atom is -0.464 e. The third kappa shape index (κ3) is 11.7. The number of nitrogens with one attached hydrogen (secondary N) is 1. The van der Waals surface area contributed by atoms with Crippen LogP contribution < -0.4 is 5.32 Å². The van der Waals surface area contributed by atoms with Gasteiger partial charge < -0.3 is 19.2 Å². The van der Waals surface area contributed by atoms with E-state index in [4.69, 9.17) is 13.9 Å². The van der Waals surface area contributed by atoms with Crippen molar-refractivity contribution in [3.63, 3.8) is 0 Å². The summed E-state index contributed by atoms with van der Waals surface area (Å²) in [5.74, 6) is 4.34. The van der Waals surface area contributed by atoms with Gasteiger partial charge in [0, 0.05) is 6.42 Å². The summed E-state index contributed by atoms with van der Waals surface area (Å²) in [5, 5.41) is 2.53. The van der Waals surface area contributed by atoms with Crippen LogP contribution in [0.4, 0.5) is 4.79 Å². The Morgan fingerprint density at radius 3 is 2.14 bits per heavy atom. The SMILES string of the molecule is CCOC(=O)[C@@H](CCC(=O)C#CCO[Si](C)(C)C(C)(C)C)NC(=O)OC(C)(C)C. The lowest BCUT2D eigenvalue weighted by atomic mass is 10.1. The maximum atomic E-state index is 12.1. The average molecular weight is 428 g/mol. The highest BCUT2D eigenvalue weighted by atomic mass is 28.4. The first kappa shape index (κ1) is 27.1. The van der Waals surface area contributed by atoms with E-state index in [2.05, 4.69) is 51.0 Å². The van der Waals surface area contributed by atoms with Crippen LogP contribution in [0.15, 0.2) is 0 Å². The summed E-state index contributed by atoms with van der Waals surface area (Å²) >= 11 is 0. The molecule has 166 valence electrons. The molecule has 0 fully saturated rings. The van der Waals surface area contributed by atoms with Crippen molar-refractivity contribution in [1.82, 2.24) is 5.32 Å². The van der Waals surface area contributed by atoms with Gasteiger partial charge in [-0.25, -0.2) is 9.59 Å². The first-order chi connectivity index (χ1) is 13.1. The maximum Gasteiger partial charge on any atom is 0.408 e. The number of ketones is 1. The van der Waals surface area contributed by atoms with Gasteiger partial charge in [-0.15, -0.1) is 0 Å². The number of esters is 1. The Morgan fingerprint density at radius 2 is 1.66 bits per heavy atom. The molecule has 0 aromatic heterocycles. The smallest absolute Gasteiger partial charge is 0.408 e. The quantitative estimate of drug-likeness (QED) is 0.274. The van der Waals surface area contributed by atoms with Gasteiger partial charge in [0.1, 0.15) is 11.6 Å². The second-order valence-electron chi connectivity index (χ2n) is 9.26. The summed E-state index contributed by atoms with van der Waals surface area (Å²) in [6.45, 7) is 17.8. The molecule has 0 spiro atoms. The largest absolute Gasteiger partial charge is 0.464 e. The number of carbonyl (C=O) groups excluding carboxylic acids is 3. The Kier molecular flexibility index (Phi) is 10.6. The number of carbonyl (C=O) groups is 3. The molecule has 1 amide bonds.